The van der Waals surface area contributed by atoms with Crippen LogP contribution in [0.25, 0.3) is 0 Å². The molecule has 86 valence electrons. The molecule has 3 rings (SSSR count). The van der Waals surface area contributed by atoms with Gasteiger partial charge in [-0.1, -0.05) is 17.7 Å². The first-order valence-corrected chi connectivity index (χ1v) is 5.26. The summed E-state index contributed by atoms with van der Waals surface area (Å²) in [4.78, 5) is 27.4. The molecule has 0 aliphatic carbocycles. The fourth-order valence-corrected chi connectivity index (χ4v) is 1.99. The number of rotatable bonds is 0. The van der Waals surface area contributed by atoms with Crippen molar-refractivity contribution < 1.29 is 4.74 Å². The Morgan fingerprint density at radius 2 is 2.06 bits per heavy atom. The Morgan fingerprint density at radius 3 is 2.88 bits per heavy atom. The SMILES string of the molecule is Cc1ccc2c(c1)Cc1c([nH]c(=O)[nH]c1=O)O2. The largest absolute Gasteiger partial charge is 0.440 e. The Balaban J connectivity index is 2.20. The van der Waals surface area contributed by atoms with Crippen molar-refractivity contribution in [2.45, 2.75) is 13.3 Å². The zero-order chi connectivity index (χ0) is 12.0. The van der Waals surface area contributed by atoms with Gasteiger partial charge >= 0.3 is 5.69 Å². The molecule has 1 aromatic carbocycles. The number of aryl methyl sites for hydroxylation is 1. The van der Waals surface area contributed by atoms with Crippen molar-refractivity contribution in [3.8, 4) is 11.6 Å². The first kappa shape index (κ1) is 9.89. The molecule has 1 aliphatic rings. The second kappa shape index (κ2) is 3.35. The number of fused-ring (bicyclic) bond motifs is 2. The predicted molar refractivity (Wildman–Crippen MR) is 61.7 cm³/mol. The number of hydrogen-bond donors (Lipinski definition) is 2. The molecule has 0 spiro atoms. The molecule has 2 N–H and O–H groups in total. The summed E-state index contributed by atoms with van der Waals surface area (Å²) in [7, 11) is 0. The molecule has 0 radical (unpaired) electrons. The lowest BCUT2D eigenvalue weighted by Crippen LogP contribution is -2.27. The summed E-state index contributed by atoms with van der Waals surface area (Å²) < 4.78 is 5.52. The fourth-order valence-electron chi connectivity index (χ4n) is 1.99. The van der Waals surface area contributed by atoms with E-state index in [-0.39, 0.29) is 5.88 Å². The molecule has 0 fully saturated rings. The van der Waals surface area contributed by atoms with E-state index in [0.29, 0.717) is 17.7 Å². The molecule has 5 nitrogen and oxygen atoms in total. The topological polar surface area (TPSA) is 75.0 Å². The Labute approximate surface area is 96.1 Å². The Kier molecular flexibility index (Phi) is 1.95. The number of ether oxygens (including phenoxy) is 1. The minimum Gasteiger partial charge on any atom is -0.440 e. The molecule has 0 bridgehead atoms. The highest BCUT2D eigenvalue weighted by Crippen LogP contribution is 2.32. The quantitative estimate of drug-likeness (QED) is 0.606. The lowest BCUT2D eigenvalue weighted by molar-refractivity contribution is 0.435. The van der Waals surface area contributed by atoms with Crippen LogP contribution >= 0.6 is 0 Å². The highest BCUT2D eigenvalue weighted by molar-refractivity contribution is 5.47. The van der Waals surface area contributed by atoms with Gasteiger partial charge in [0.1, 0.15) is 5.75 Å². The molecule has 0 unspecified atom stereocenters. The molecule has 17 heavy (non-hydrogen) atoms. The Morgan fingerprint density at radius 1 is 1.24 bits per heavy atom. The van der Waals surface area contributed by atoms with Crippen LogP contribution in [-0.2, 0) is 6.42 Å². The van der Waals surface area contributed by atoms with E-state index in [1.807, 2.05) is 25.1 Å². The molecule has 0 saturated heterocycles. The van der Waals surface area contributed by atoms with Crippen LogP contribution in [0.5, 0.6) is 11.6 Å². The van der Waals surface area contributed by atoms with E-state index < -0.39 is 11.2 Å². The molecular weight excluding hydrogens is 220 g/mol. The molecule has 0 amide bonds. The van der Waals surface area contributed by atoms with Crippen LogP contribution in [0.1, 0.15) is 16.7 Å². The van der Waals surface area contributed by atoms with Gasteiger partial charge in [0.15, 0.2) is 0 Å². The number of H-pyrrole nitrogens is 2. The Hall–Kier alpha value is -2.30. The summed E-state index contributed by atoms with van der Waals surface area (Å²) >= 11 is 0. The molecule has 1 aliphatic heterocycles. The smallest absolute Gasteiger partial charge is 0.328 e. The summed E-state index contributed by atoms with van der Waals surface area (Å²) in [5.41, 5.74) is 1.58. The van der Waals surface area contributed by atoms with Crippen LogP contribution < -0.4 is 16.0 Å². The third-order valence-corrected chi connectivity index (χ3v) is 2.80. The monoisotopic (exact) mass is 230 g/mol. The summed E-state index contributed by atoms with van der Waals surface area (Å²) in [5.74, 6) is 0.930. The van der Waals surface area contributed by atoms with Crippen molar-refractivity contribution in [3.63, 3.8) is 0 Å². The maximum Gasteiger partial charge on any atom is 0.328 e. The van der Waals surface area contributed by atoms with Gasteiger partial charge in [0, 0.05) is 6.42 Å². The van der Waals surface area contributed by atoms with Crippen LogP contribution in [0.2, 0.25) is 0 Å². The van der Waals surface area contributed by atoms with E-state index in [2.05, 4.69) is 9.97 Å². The van der Waals surface area contributed by atoms with Gasteiger partial charge in [0.05, 0.1) is 5.56 Å². The highest BCUT2D eigenvalue weighted by Gasteiger charge is 2.20. The molecule has 5 heteroatoms. The van der Waals surface area contributed by atoms with Gasteiger partial charge in [0.2, 0.25) is 5.88 Å². The van der Waals surface area contributed by atoms with Gasteiger partial charge < -0.3 is 4.74 Å². The van der Waals surface area contributed by atoms with Crippen molar-refractivity contribution in [1.82, 2.24) is 9.97 Å². The maximum absolute atomic E-state index is 11.6. The molecule has 1 aromatic heterocycles. The van der Waals surface area contributed by atoms with Crippen molar-refractivity contribution in [1.29, 1.82) is 0 Å². The first-order valence-electron chi connectivity index (χ1n) is 5.26. The fraction of sp³-hybridized carbons (Fsp3) is 0.167. The van der Waals surface area contributed by atoms with Gasteiger partial charge in [-0.15, -0.1) is 0 Å². The molecule has 0 atom stereocenters. The van der Waals surface area contributed by atoms with Crippen molar-refractivity contribution in [2.75, 3.05) is 0 Å². The number of benzene rings is 1. The third-order valence-electron chi connectivity index (χ3n) is 2.80. The number of hydrogen-bond acceptors (Lipinski definition) is 3. The molecule has 0 saturated carbocycles. The van der Waals surface area contributed by atoms with Crippen LogP contribution in [0.3, 0.4) is 0 Å². The number of nitrogens with one attached hydrogen (secondary N) is 2. The third kappa shape index (κ3) is 1.56. The van der Waals surface area contributed by atoms with Crippen LogP contribution in [-0.4, -0.2) is 9.97 Å². The average Bonchev–Trinajstić information content (AvgIpc) is 2.27. The standard InChI is InChI=1S/C12H10N2O3/c1-6-2-3-9-7(4-6)5-8-10(15)13-12(16)14-11(8)17-9/h2-4H,5H2,1H3,(H2,13,14,15,16). The van der Waals surface area contributed by atoms with Crippen LogP contribution in [0.4, 0.5) is 0 Å². The van der Waals surface area contributed by atoms with Gasteiger partial charge in [-0.3, -0.25) is 14.8 Å². The predicted octanol–water partition coefficient (Wildman–Crippen LogP) is 1.07. The zero-order valence-electron chi connectivity index (χ0n) is 9.16. The maximum atomic E-state index is 11.6. The summed E-state index contributed by atoms with van der Waals surface area (Å²) in [6.07, 6.45) is 0.471. The van der Waals surface area contributed by atoms with Crippen molar-refractivity contribution >= 4 is 0 Å². The molecule has 2 aromatic rings. The zero-order valence-corrected chi connectivity index (χ0v) is 9.16. The van der Waals surface area contributed by atoms with E-state index in [4.69, 9.17) is 4.74 Å². The lowest BCUT2D eigenvalue weighted by atomic mass is 10.0. The van der Waals surface area contributed by atoms with Gasteiger partial charge in [-0.25, -0.2) is 4.79 Å². The average molecular weight is 230 g/mol. The Bertz CT molecular complexity index is 712. The minimum atomic E-state index is -0.552. The van der Waals surface area contributed by atoms with Gasteiger partial charge in [-0.2, -0.15) is 0 Å². The highest BCUT2D eigenvalue weighted by atomic mass is 16.5. The summed E-state index contributed by atoms with van der Waals surface area (Å²) in [5, 5.41) is 0. The first-order chi connectivity index (χ1) is 8.13. The van der Waals surface area contributed by atoms with Crippen LogP contribution in [0.15, 0.2) is 27.8 Å². The van der Waals surface area contributed by atoms with Gasteiger partial charge in [-0.05, 0) is 18.6 Å². The number of aromatic amines is 2. The lowest BCUT2D eigenvalue weighted by Gasteiger charge is -2.18. The van der Waals surface area contributed by atoms with Crippen molar-refractivity contribution in [3.05, 3.63) is 55.7 Å². The summed E-state index contributed by atoms with van der Waals surface area (Å²) in [6, 6.07) is 5.74. The second-order valence-electron chi connectivity index (χ2n) is 4.11. The molecule has 2 heterocycles. The molecular formula is C12H10N2O3. The van der Waals surface area contributed by atoms with E-state index in [1.165, 1.54) is 0 Å². The second-order valence-corrected chi connectivity index (χ2v) is 4.11. The minimum absolute atomic E-state index is 0.245. The van der Waals surface area contributed by atoms with Crippen LogP contribution in [0, 0.1) is 6.92 Å². The van der Waals surface area contributed by atoms with E-state index in [1.54, 1.807) is 0 Å². The van der Waals surface area contributed by atoms with Gasteiger partial charge in [0.25, 0.3) is 5.56 Å². The van der Waals surface area contributed by atoms with E-state index in [9.17, 15) is 9.59 Å². The normalized spacial score (nSPS) is 12.5. The van der Waals surface area contributed by atoms with Crippen molar-refractivity contribution in [2.24, 2.45) is 0 Å². The van der Waals surface area contributed by atoms with E-state index in [0.717, 1.165) is 11.1 Å². The van der Waals surface area contributed by atoms with E-state index >= 15 is 0 Å². The number of aromatic nitrogens is 2. The summed E-state index contributed by atoms with van der Waals surface area (Å²) in [6.45, 7) is 1.98.